The Hall–Kier alpha value is -0.120. The van der Waals surface area contributed by atoms with Crippen molar-refractivity contribution >= 4 is 0 Å². The molecule has 1 fully saturated rings. The number of rotatable bonds is 5. The highest BCUT2D eigenvalue weighted by Crippen LogP contribution is 2.08. The Morgan fingerprint density at radius 2 is 1.73 bits per heavy atom. The van der Waals surface area contributed by atoms with Crippen LogP contribution in [0.2, 0.25) is 0 Å². The zero-order chi connectivity index (χ0) is 11.3. The maximum absolute atomic E-state index is 3.59. The summed E-state index contributed by atoms with van der Waals surface area (Å²) in [6.07, 6.45) is 1.22. The molecule has 0 aromatic heterocycles. The molecule has 1 N–H and O–H groups in total. The molecule has 2 atom stereocenters. The summed E-state index contributed by atoms with van der Waals surface area (Å²) in [6.45, 7) is 12.9. The number of hydrogen-bond donors (Lipinski definition) is 1. The molecule has 90 valence electrons. The van der Waals surface area contributed by atoms with Crippen molar-refractivity contribution in [2.45, 2.75) is 39.3 Å². The Balaban J connectivity index is 2.29. The zero-order valence-electron chi connectivity index (χ0n) is 10.8. The lowest BCUT2D eigenvalue weighted by molar-refractivity contribution is 0.102. The first-order valence-corrected chi connectivity index (χ1v) is 6.31. The number of likely N-dealkylation sites (N-methyl/N-ethyl adjacent to an activating group) is 1. The van der Waals surface area contributed by atoms with Crippen LogP contribution in [-0.2, 0) is 0 Å². The molecule has 1 aliphatic rings. The molecule has 1 aliphatic heterocycles. The normalized spacial score (nSPS) is 24.0. The van der Waals surface area contributed by atoms with Gasteiger partial charge in [0.05, 0.1) is 0 Å². The van der Waals surface area contributed by atoms with Crippen LogP contribution in [0.5, 0.6) is 0 Å². The molecule has 0 radical (unpaired) electrons. The summed E-state index contributed by atoms with van der Waals surface area (Å²) >= 11 is 0. The van der Waals surface area contributed by atoms with E-state index >= 15 is 0 Å². The van der Waals surface area contributed by atoms with Crippen molar-refractivity contribution in [3.8, 4) is 0 Å². The van der Waals surface area contributed by atoms with E-state index in [0.717, 1.165) is 6.54 Å². The summed E-state index contributed by atoms with van der Waals surface area (Å²) in [7, 11) is 2.21. The maximum atomic E-state index is 3.59. The van der Waals surface area contributed by atoms with Crippen LogP contribution in [0.3, 0.4) is 0 Å². The van der Waals surface area contributed by atoms with Gasteiger partial charge >= 0.3 is 0 Å². The minimum Gasteiger partial charge on any atom is -0.313 e. The summed E-state index contributed by atoms with van der Waals surface area (Å²) < 4.78 is 0. The first-order chi connectivity index (χ1) is 7.15. The smallest absolute Gasteiger partial charge is 0.0219 e. The lowest BCUT2D eigenvalue weighted by Gasteiger charge is -2.39. The predicted molar refractivity (Wildman–Crippen MR) is 66.3 cm³/mol. The molecule has 0 saturated carbocycles. The van der Waals surface area contributed by atoms with E-state index in [4.69, 9.17) is 0 Å². The van der Waals surface area contributed by atoms with Gasteiger partial charge in [-0.15, -0.1) is 0 Å². The second kappa shape index (κ2) is 6.46. The summed E-state index contributed by atoms with van der Waals surface area (Å²) in [5.41, 5.74) is 0. The van der Waals surface area contributed by atoms with Crippen LogP contribution in [0.25, 0.3) is 0 Å². The van der Waals surface area contributed by atoms with Crippen LogP contribution in [-0.4, -0.2) is 61.7 Å². The van der Waals surface area contributed by atoms with Crippen LogP contribution in [0.4, 0.5) is 0 Å². The molecule has 0 spiro atoms. The summed E-state index contributed by atoms with van der Waals surface area (Å²) in [4.78, 5) is 5.01. The third-order valence-electron chi connectivity index (χ3n) is 3.55. The third-order valence-corrected chi connectivity index (χ3v) is 3.55. The Morgan fingerprint density at radius 1 is 1.13 bits per heavy atom. The maximum Gasteiger partial charge on any atom is 0.0219 e. The van der Waals surface area contributed by atoms with Gasteiger partial charge in [-0.25, -0.2) is 0 Å². The topological polar surface area (TPSA) is 18.5 Å². The standard InChI is InChI=1S/C12H27N3/c1-5-6-13-11(2)12(3)15-9-7-14(4)8-10-15/h11-13H,5-10H2,1-4H3. The highest BCUT2D eigenvalue weighted by atomic mass is 15.3. The van der Waals surface area contributed by atoms with Crippen molar-refractivity contribution in [2.75, 3.05) is 39.8 Å². The van der Waals surface area contributed by atoms with E-state index in [9.17, 15) is 0 Å². The van der Waals surface area contributed by atoms with Crippen molar-refractivity contribution in [3.63, 3.8) is 0 Å². The van der Waals surface area contributed by atoms with Gasteiger partial charge in [0.2, 0.25) is 0 Å². The van der Waals surface area contributed by atoms with E-state index < -0.39 is 0 Å². The predicted octanol–water partition coefficient (Wildman–Crippen LogP) is 1.01. The van der Waals surface area contributed by atoms with Crippen molar-refractivity contribution < 1.29 is 0 Å². The lowest BCUT2D eigenvalue weighted by atomic mass is 10.1. The Morgan fingerprint density at radius 3 is 2.27 bits per heavy atom. The Labute approximate surface area is 94.8 Å². The van der Waals surface area contributed by atoms with Gasteiger partial charge in [-0.05, 0) is 33.9 Å². The Kier molecular flexibility index (Phi) is 5.58. The molecule has 1 rings (SSSR count). The molecule has 0 aliphatic carbocycles. The van der Waals surface area contributed by atoms with Gasteiger partial charge in [0, 0.05) is 38.3 Å². The molecule has 1 heterocycles. The molecule has 1 saturated heterocycles. The average molecular weight is 213 g/mol. The second-order valence-corrected chi connectivity index (χ2v) is 4.82. The molecule has 15 heavy (non-hydrogen) atoms. The van der Waals surface area contributed by atoms with E-state index in [1.807, 2.05) is 0 Å². The van der Waals surface area contributed by atoms with E-state index in [1.165, 1.54) is 32.6 Å². The molecule has 2 unspecified atom stereocenters. The van der Waals surface area contributed by atoms with Crippen molar-refractivity contribution in [1.29, 1.82) is 0 Å². The minimum atomic E-state index is 0.605. The van der Waals surface area contributed by atoms with E-state index in [2.05, 4.69) is 42.9 Å². The number of nitrogens with zero attached hydrogens (tertiary/aromatic N) is 2. The van der Waals surface area contributed by atoms with Gasteiger partial charge in [-0.2, -0.15) is 0 Å². The fraction of sp³-hybridized carbons (Fsp3) is 1.00. The minimum absolute atomic E-state index is 0.605. The lowest BCUT2D eigenvalue weighted by Crippen LogP contribution is -2.54. The highest BCUT2D eigenvalue weighted by Gasteiger charge is 2.22. The molecule has 0 bridgehead atoms. The summed E-state index contributed by atoms with van der Waals surface area (Å²) in [6, 6.07) is 1.26. The van der Waals surface area contributed by atoms with Crippen molar-refractivity contribution in [3.05, 3.63) is 0 Å². The molecular formula is C12H27N3. The molecular weight excluding hydrogens is 186 g/mol. The zero-order valence-corrected chi connectivity index (χ0v) is 10.8. The van der Waals surface area contributed by atoms with Crippen LogP contribution in [0.15, 0.2) is 0 Å². The van der Waals surface area contributed by atoms with Gasteiger partial charge in [-0.3, -0.25) is 4.90 Å². The fourth-order valence-corrected chi connectivity index (χ4v) is 2.09. The first kappa shape index (κ1) is 12.9. The Bertz CT molecular complexity index is 164. The van der Waals surface area contributed by atoms with Gasteiger partial charge in [0.1, 0.15) is 0 Å². The van der Waals surface area contributed by atoms with Crippen LogP contribution in [0.1, 0.15) is 27.2 Å². The van der Waals surface area contributed by atoms with Gasteiger partial charge < -0.3 is 10.2 Å². The molecule has 0 amide bonds. The van der Waals surface area contributed by atoms with Gasteiger partial charge in [-0.1, -0.05) is 6.92 Å². The third kappa shape index (κ3) is 4.09. The van der Waals surface area contributed by atoms with Crippen LogP contribution in [0, 0.1) is 0 Å². The SMILES string of the molecule is CCCNC(C)C(C)N1CCN(C)CC1. The van der Waals surface area contributed by atoms with E-state index in [1.54, 1.807) is 0 Å². The number of piperazine rings is 1. The van der Waals surface area contributed by atoms with Crippen molar-refractivity contribution in [1.82, 2.24) is 15.1 Å². The highest BCUT2D eigenvalue weighted by molar-refractivity contribution is 4.81. The van der Waals surface area contributed by atoms with Gasteiger partial charge in [0.15, 0.2) is 0 Å². The quantitative estimate of drug-likeness (QED) is 0.735. The summed E-state index contributed by atoms with van der Waals surface area (Å²) in [5, 5.41) is 3.59. The first-order valence-electron chi connectivity index (χ1n) is 6.31. The number of nitrogens with one attached hydrogen (secondary N) is 1. The van der Waals surface area contributed by atoms with E-state index in [0.29, 0.717) is 12.1 Å². The van der Waals surface area contributed by atoms with Crippen molar-refractivity contribution in [2.24, 2.45) is 0 Å². The molecule has 3 heteroatoms. The largest absolute Gasteiger partial charge is 0.313 e. The second-order valence-electron chi connectivity index (χ2n) is 4.82. The fourth-order valence-electron chi connectivity index (χ4n) is 2.09. The summed E-state index contributed by atoms with van der Waals surface area (Å²) in [5.74, 6) is 0. The molecule has 3 nitrogen and oxygen atoms in total. The van der Waals surface area contributed by atoms with Crippen LogP contribution >= 0.6 is 0 Å². The van der Waals surface area contributed by atoms with Crippen LogP contribution < -0.4 is 5.32 Å². The number of hydrogen-bond acceptors (Lipinski definition) is 3. The molecule has 0 aromatic carbocycles. The van der Waals surface area contributed by atoms with E-state index in [-0.39, 0.29) is 0 Å². The monoisotopic (exact) mass is 213 g/mol. The average Bonchev–Trinajstić information content (AvgIpc) is 2.26. The molecule has 0 aromatic rings. The van der Waals surface area contributed by atoms with Gasteiger partial charge in [0.25, 0.3) is 0 Å².